The van der Waals surface area contributed by atoms with E-state index < -0.39 is 11.9 Å². The van der Waals surface area contributed by atoms with Crippen LogP contribution in [0.25, 0.3) is 0 Å². The average Bonchev–Trinajstić information content (AvgIpc) is 2.70. The maximum Gasteiger partial charge on any atom is 0.433 e. The first-order chi connectivity index (χ1) is 15.9. The number of likely N-dealkylation sites (N-methyl/N-ethyl adjacent to an activating group) is 1. The molecule has 0 aromatic carbocycles. The molecule has 2 aromatic rings. The molecule has 10 heteroatoms. The average molecular weight is 477 g/mol. The van der Waals surface area contributed by atoms with Crippen molar-refractivity contribution >= 4 is 17.4 Å². The van der Waals surface area contributed by atoms with Gasteiger partial charge < -0.3 is 10.2 Å². The number of rotatable bonds is 6. The van der Waals surface area contributed by atoms with E-state index in [0.29, 0.717) is 24.2 Å². The Balaban J connectivity index is 1.35. The molecule has 1 aliphatic carbocycles. The van der Waals surface area contributed by atoms with E-state index in [1.807, 2.05) is 39.8 Å². The third-order valence-corrected chi connectivity index (χ3v) is 6.87. The minimum Gasteiger partial charge on any atom is -0.346 e. The first kappa shape index (κ1) is 24.4. The van der Waals surface area contributed by atoms with Crippen LogP contribution in [0.15, 0.2) is 18.3 Å². The first-order valence-corrected chi connectivity index (χ1v) is 11.6. The van der Waals surface area contributed by atoms with E-state index in [1.165, 1.54) is 12.3 Å². The number of amides is 1. The number of halogens is 3. The van der Waals surface area contributed by atoms with Crippen molar-refractivity contribution in [2.75, 3.05) is 24.3 Å². The second-order valence-corrected chi connectivity index (χ2v) is 9.87. The summed E-state index contributed by atoms with van der Waals surface area (Å²) in [6.07, 6.45) is -0.400. The number of alkyl halides is 3. The molecule has 0 bridgehead atoms. The molecule has 2 aromatic heterocycles. The summed E-state index contributed by atoms with van der Waals surface area (Å²) in [5, 5.41) is 2.98. The fraction of sp³-hybridized carbons (Fsp3) is 0.583. The Morgan fingerprint density at radius 1 is 1.24 bits per heavy atom. The van der Waals surface area contributed by atoms with E-state index in [1.54, 1.807) is 0 Å². The van der Waals surface area contributed by atoms with E-state index in [0.717, 1.165) is 48.2 Å². The summed E-state index contributed by atoms with van der Waals surface area (Å²) in [4.78, 5) is 29.6. The fourth-order valence-electron chi connectivity index (χ4n) is 4.95. The number of nitrogens with one attached hydrogen (secondary N) is 1. The first-order valence-electron chi connectivity index (χ1n) is 11.6. The van der Waals surface area contributed by atoms with E-state index in [4.69, 9.17) is 4.98 Å². The lowest BCUT2D eigenvalue weighted by atomic mass is 9.77. The summed E-state index contributed by atoms with van der Waals surface area (Å²) < 4.78 is 38.1. The molecule has 4 rings (SSSR count). The van der Waals surface area contributed by atoms with E-state index >= 15 is 0 Å². The number of nitrogens with zero attached hydrogens (tertiary/aromatic N) is 5. The highest BCUT2D eigenvalue weighted by molar-refractivity contribution is 6.03. The van der Waals surface area contributed by atoms with Gasteiger partial charge in [-0.05, 0) is 50.3 Å². The van der Waals surface area contributed by atoms with Crippen LogP contribution in [0.4, 0.5) is 24.7 Å². The number of carbonyl (C=O) groups is 1. The molecule has 184 valence electrons. The molecule has 2 aliphatic rings. The Kier molecular flexibility index (Phi) is 6.54. The molecular weight excluding hydrogens is 445 g/mol. The van der Waals surface area contributed by atoms with Gasteiger partial charge in [-0.3, -0.25) is 14.7 Å². The Bertz CT molecular complexity index is 1050. The van der Waals surface area contributed by atoms with Crippen molar-refractivity contribution in [2.45, 2.75) is 64.8 Å². The SMILES string of the molecule is Cc1nc(CC2CC(N(C)Cc3ccc(C(F)(F)F)nc3)C2)nc2c1NC(=O)[C@H](C(C)C)N2C. The number of fused-ring (bicyclic) bond motifs is 1. The second kappa shape index (κ2) is 9.13. The maximum absolute atomic E-state index is 12.7. The Hall–Kier alpha value is -2.75. The Morgan fingerprint density at radius 2 is 1.94 bits per heavy atom. The summed E-state index contributed by atoms with van der Waals surface area (Å²) in [6, 6.07) is 2.62. The third kappa shape index (κ3) is 4.87. The molecule has 0 spiro atoms. The number of aryl methyl sites for hydroxylation is 1. The van der Waals surface area contributed by atoms with Crippen molar-refractivity contribution in [3.8, 4) is 0 Å². The topological polar surface area (TPSA) is 74.2 Å². The highest BCUT2D eigenvalue weighted by Gasteiger charge is 2.37. The monoisotopic (exact) mass is 476 g/mol. The van der Waals surface area contributed by atoms with Crippen molar-refractivity contribution in [3.05, 3.63) is 41.1 Å². The molecule has 0 unspecified atom stereocenters. The quantitative estimate of drug-likeness (QED) is 0.678. The number of anilines is 2. The molecule has 0 saturated heterocycles. The summed E-state index contributed by atoms with van der Waals surface area (Å²) in [5.41, 5.74) is 1.35. The highest BCUT2D eigenvalue weighted by Crippen LogP contribution is 2.37. The fourth-order valence-corrected chi connectivity index (χ4v) is 4.95. The molecule has 0 radical (unpaired) electrons. The number of hydrogen-bond donors (Lipinski definition) is 1. The van der Waals surface area contributed by atoms with Gasteiger partial charge in [0.1, 0.15) is 23.2 Å². The zero-order valence-corrected chi connectivity index (χ0v) is 20.1. The van der Waals surface area contributed by atoms with Gasteiger partial charge in [0.15, 0.2) is 5.82 Å². The van der Waals surface area contributed by atoms with Crippen LogP contribution in [0.5, 0.6) is 0 Å². The van der Waals surface area contributed by atoms with Crippen molar-refractivity contribution in [2.24, 2.45) is 11.8 Å². The van der Waals surface area contributed by atoms with E-state index in [9.17, 15) is 18.0 Å². The molecule has 1 fully saturated rings. The van der Waals surface area contributed by atoms with Gasteiger partial charge in [-0.2, -0.15) is 13.2 Å². The summed E-state index contributed by atoms with van der Waals surface area (Å²) in [7, 11) is 3.89. The predicted molar refractivity (Wildman–Crippen MR) is 123 cm³/mol. The lowest BCUT2D eigenvalue weighted by Gasteiger charge is -2.41. The summed E-state index contributed by atoms with van der Waals surface area (Å²) >= 11 is 0. The molecule has 1 N–H and O–H groups in total. The highest BCUT2D eigenvalue weighted by atomic mass is 19.4. The maximum atomic E-state index is 12.7. The van der Waals surface area contributed by atoms with Crippen LogP contribution in [0, 0.1) is 18.8 Å². The standard InChI is InChI=1S/C24H31F3N6O/c1-13(2)21-23(34)31-20-14(3)29-19(30-22(20)33(21)5)10-16-8-17(9-16)32(4)12-15-6-7-18(28-11-15)24(25,26)27/h6-7,11,13,16-17,21H,8-10,12H2,1-5H3,(H,31,34)/t16?,17?,21-/m0/s1. The van der Waals surface area contributed by atoms with Gasteiger partial charge in [0.25, 0.3) is 0 Å². The van der Waals surface area contributed by atoms with Crippen LogP contribution < -0.4 is 10.2 Å². The van der Waals surface area contributed by atoms with Gasteiger partial charge in [-0.25, -0.2) is 9.97 Å². The second-order valence-electron chi connectivity index (χ2n) is 9.87. The van der Waals surface area contributed by atoms with Crippen LogP contribution in [-0.4, -0.2) is 51.9 Å². The molecule has 3 heterocycles. The van der Waals surface area contributed by atoms with Crippen molar-refractivity contribution in [1.29, 1.82) is 0 Å². The molecule has 1 amide bonds. The lowest BCUT2D eigenvalue weighted by Crippen LogP contribution is -2.50. The number of aromatic nitrogens is 3. The van der Waals surface area contributed by atoms with Crippen LogP contribution in [0.3, 0.4) is 0 Å². The molecular formula is C24H31F3N6O. The zero-order valence-electron chi connectivity index (χ0n) is 20.1. The van der Waals surface area contributed by atoms with Gasteiger partial charge in [-0.15, -0.1) is 0 Å². The van der Waals surface area contributed by atoms with Gasteiger partial charge in [-0.1, -0.05) is 19.9 Å². The van der Waals surface area contributed by atoms with Crippen LogP contribution in [0.1, 0.15) is 49.5 Å². The van der Waals surface area contributed by atoms with Gasteiger partial charge in [0.2, 0.25) is 5.91 Å². The van der Waals surface area contributed by atoms with Crippen molar-refractivity contribution in [1.82, 2.24) is 19.9 Å². The minimum absolute atomic E-state index is 0.0300. The van der Waals surface area contributed by atoms with Gasteiger partial charge >= 0.3 is 6.18 Å². The number of pyridine rings is 1. The third-order valence-electron chi connectivity index (χ3n) is 6.87. The summed E-state index contributed by atoms with van der Waals surface area (Å²) in [5.74, 6) is 2.11. The number of hydrogen-bond acceptors (Lipinski definition) is 6. The van der Waals surface area contributed by atoms with E-state index in [-0.39, 0.29) is 17.9 Å². The molecule has 1 aliphatic heterocycles. The molecule has 7 nitrogen and oxygen atoms in total. The molecule has 1 atom stereocenters. The van der Waals surface area contributed by atoms with Crippen molar-refractivity contribution in [3.63, 3.8) is 0 Å². The normalized spacial score (nSPS) is 22.6. The Morgan fingerprint density at radius 3 is 2.53 bits per heavy atom. The van der Waals surface area contributed by atoms with Gasteiger partial charge in [0, 0.05) is 32.3 Å². The van der Waals surface area contributed by atoms with Crippen LogP contribution >= 0.6 is 0 Å². The van der Waals surface area contributed by atoms with Crippen molar-refractivity contribution < 1.29 is 18.0 Å². The molecule has 1 saturated carbocycles. The summed E-state index contributed by atoms with van der Waals surface area (Å²) in [6.45, 7) is 6.49. The van der Waals surface area contributed by atoms with Crippen LogP contribution in [-0.2, 0) is 23.9 Å². The minimum atomic E-state index is -4.42. The Labute approximate surface area is 197 Å². The molecule has 34 heavy (non-hydrogen) atoms. The zero-order chi connectivity index (χ0) is 24.8. The smallest absolute Gasteiger partial charge is 0.346 e. The van der Waals surface area contributed by atoms with E-state index in [2.05, 4.69) is 20.2 Å². The number of carbonyl (C=O) groups excluding carboxylic acids is 1. The largest absolute Gasteiger partial charge is 0.433 e. The van der Waals surface area contributed by atoms with Crippen LogP contribution in [0.2, 0.25) is 0 Å². The van der Waals surface area contributed by atoms with Gasteiger partial charge in [0.05, 0.1) is 5.69 Å². The predicted octanol–water partition coefficient (Wildman–Crippen LogP) is 4.06. The lowest BCUT2D eigenvalue weighted by molar-refractivity contribution is -0.141.